The lowest BCUT2D eigenvalue weighted by Crippen LogP contribution is -2.17. The van der Waals surface area contributed by atoms with Gasteiger partial charge in [0.25, 0.3) is 40.5 Å². The third-order valence-corrected chi connectivity index (χ3v) is 10.4. The number of aromatic nitrogens is 3. The van der Waals surface area contributed by atoms with E-state index in [-0.39, 0.29) is 53.8 Å². The number of benzene rings is 3. The minimum absolute atomic E-state index is 0.0453. The second-order valence-corrected chi connectivity index (χ2v) is 16.7. The number of aryl methyl sites for hydroxylation is 2. The molecule has 0 atom stereocenters. The summed E-state index contributed by atoms with van der Waals surface area (Å²) in [6, 6.07) is 10.6. The highest BCUT2D eigenvalue weighted by atomic mass is 32.2. The Morgan fingerprint density at radius 1 is 0.700 bits per heavy atom. The maximum atomic E-state index is 12.7. The molecule has 0 saturated carbocycles. The van der Waals surface area contributed by atoms with E-state index in [2.05, 4.69) is 38.0 Å². The summed E-state index contributed by atoms with van der Waals surface area (Å²) in [4.78, 5) is 10.5. The van der Waals surface area contributed by atoms with E-state index in [4.69, 9.17) is 13.8 Å². The van der Waals surface area contributed by atoms with E-state index in [0.29, 0.717) is 17.5 Å². The first-order chi connectivity index (χ1) is 23.1. The van der Waals surface area contributed by atoms with Gasteiger partial charge in [0.15, 0.2) is 0 Å². The third-order valence-electron chi connectivity index (χ3n) is 6.63. The molecule has 3 aromatic carbocycles. The summed E-state index contributed by atoms with van der Waals surface area (Å²) in [5.74, 6) is -1.53. The van der Waals surface area contributed by atoms with E-state index in [1.165, 1.54) is 19.2 Å². The highest BCUT2D eigenvalue weighted by Crippen LogP contribution is 2.42. The lowest BCUT2D eigenvalue weighted by Gasteiger charge is -2.22. The van der Waals surface area contributed by atoms with E-state index in [1.807, 2.05) is 0 Å². The quantitative estimate of drug-likeness (QED) is 0.0653. The molecule has 24 heteroatoms. The Hall–Kier alpha value is -3.88. The van der Waals surface area contributed by atoms with Crippen LogP contribution in [-0.2, 0) is 53.3 Å². The zero-order chi connectivity index (χ0) is 37.1. The normalized spacial score (nSPS) is 12.8. The van der Waals surface area contributed by atoms with Crippen molar-refractivity contribution in [3.63, 3.8) is 0 Å². The summed E-state index contributed by atoms with van der Waals surface area (Å²) in [7, 11) is -17.7. The molecule has 1 heterocycles. The van der Waals surface area contributed by atoms with Crippen LogP contribution in [0.4, 0.5) is 23.0 Å². The first-order valence-electron chi connectivity index (χ1n) is 13.9. The van der Waals surface area contributed by atoms with Gasteiger partial charge in [-0.1, -0.05) is 18.9 Å². The van der Waals surface area contributed by atoms with Crippen molar-refractivity contribution in [1.82, 2.24) is 15.0 Å². The van der Waals surface area contributed by atoms with Crippen molar-refractivity contribution in [3.05, 3.63) is 60.2 Å². The first-order valence-corrected chi connectivity index (χ1v) is 20.4. The molecular weight excluding hydrogens is 765 g/mol. The summed E-state index contributed by atoms with van der Waals surface area (Å²) in [5, 5.41) is 7.63. The van der Waals surface area contributed by atoms with Gasteiger partial charge in [-0.2, -0.15) is 53.9 Å². The monoisotopic (exact) mass is 792 g/mol. The van der Waals surface area contributed by atoms with E-state index in [0.717, 1.165) is 10.4 Å². The fourth-order valence-corrected chi connectivity index (χ4v) is 7.41. The van der Waals surface area contributed by atoms with Crippen LogP contribution in [0.2, 0.25) is 0 Å². The molecule has 0 aliphatic carbocycles. The van der Waals surface area contributed by atoms with Crippen molar-refractivity contribution in [2.45, 2.75) is 35.5 Å². The van der Waals surface area contributed by atoms with Crippen LogP contribution in [0.25, 0.3) is 10.8 Å². The molecule has 1 aromatic heterocycles. The van der Waals surface area contributed by atoms with Gasteiger partial charge in [-0.05, 0) is 49.2 Å². The lowest BCUT2D eigenvalue weighted by molar-refractivity contribution is 0.415. The molecule has 4 N–H and O–H groups in total. The lowest BCUT2D eigenvalue weighted by atomic mass is 10.1. The van der Waals surface area contributed by atoms with Gasteiger partial charge in [0.2, 0.25) is 5.95 Å². The van der Waals surface area contributed by atoms with Crippen molar-refractivity contribution in [2.24, 2.45) is 10.2 Å². The topological polar surface area (TPSA) is 293 Å². The highest BCUT2D eigenvalue weighted by molar-refractivity contribution is 7.87. The van der Waals surface area contributed by atoms with Gasteiger partial charge in [-0.15, -0.1) is 0 Å². The molecule has 4 aromatic rings. The first kappa shape index (κ1) is 38.9. The summed E-state index contributed by atoms with van der Waals surface area (Å²) in [5.41, 5.74) is -0.101. The molecule has 0 aliphatic rings. The number of hydrogen-bond acceptors (Lipinski definition) is 16. The van der Waals surface area contributed by atoms with Gasteiger partial charge >= 0.3 is 0 Å². The zero-order valence-corrected chi connectivity index (χ0v) is 29.7. The number of fused-ring (bicyclic) bond motifs is 1. The van der Waals surface area contributed by atoms with Gasteiger partial charge in [-0.3, -0.25) is 22.5 Å². The number of azo groups is 1. The smallest absolute Gasteiger partial charge is 0.296 e. The van der Waals surface area contributed by atoms with Crippen LogP contribution in [0, 0.1) is 0 Å². The summed E-state index contributed by atoms with van der Waals surface area (Å²) >= 11 is 4.36. The maximum absolute atomic E-state index is 12.7. The number of nitrogens with zero attached hydrogens (tertiary/aromatic N) is 6. The summed E-state index contributed by atoms with van der Waals surface area (Å²) < 4.78 is 140. The van der Waals surface area contributed by atoms with Crippen LogP contribution in [0.3, 0.4) is 0 Å². The molecule has 270 valence electrons. The fourth-order valence-electron chi connectivity index (χ4n) is 4.52. The second kappa shape index (κ2) is 15.2. The van der Waals surface area contributed by atoms with E-state index >= 15 is 0 Å². The Bertz CT molecular complexity index is 2350. The number of methoxy groups -OCH3 is 1. The molecule has 0 unspecified atom stereocenters. The average Bonchev–Trinajstić information content (AvgIpc) is 3.00. The molecule has 0 radical (unpaired) electrons. The Labute approximate surface area is 292 Å². The Morgan fingerprint density at radius 3 is 1.74 bits per heavy atom. The number of anilines is 2. The SMILES string of the molecule is COc1cccc(N=Nc2ccc3c(N(S)c4nc(CCCS(=O)(=O)O)nc(CCCS(=O)(=O)O)n4)c(S(=O)(=O)O)cc(S(=O)(=O)O)c3c2)c1. The van der Waals surface area contributed by atoms with Crippen molar-refractivity contribution in [2.75, 3.05) is 22.9 Å². The predicted octanol–water partition coefficient (Wildman–Crippen LogP) is 3.57. The fraction of sp³-hybridized carbons (Fsp3) is 0.269. The Balaban J connectivity index is 1.92. The Kier molecular flexibility index (Phi) is 11.8. The number of rotatable bonds is 15. The van der Waals surface area contributed by atoms with Gasteiger partial charge in [-0.25, -0.2) is 4.98 Å². The van der Waals surface area contributed by atoms with Crippen LogP contribution in [-0.4, -0.2) is 85.4 Å². The molecular formula is C26H28N6O13S5. The highest BCUT2D eigenvalue weighted by Gasteiger charge is 2.30. The predicted molar refractivity (Wildman–Crippen MR) is 181 cm³/mol. The largest absolute Gasteiger partial charge is 0.497 e. The molecule has 4 rings (SSSR count). The van der Waals surface area contributed by atoms with Crippen LogP contribution in [0.15, 0.2) is 68.6 Å². The van der Waals surface area contributed by atoms with Gasteiger partial charge in [0, 0.05) is 29.7 Å². The van der Waals surface area contributed by atoms with Crippen molar-refractivity contribution >= 4 is 87.1 Å². The molecule has 0 saturated heterocycles. The molecule has 0 bridgehead atoms. The van der Waals surface area contributed by atoms with Gasteiger partial charge in [0.05, 0.1) is 35.7 Å². The standard InChI is InChI=1S/C26H28N6O13S5/c1-45-18-6-2-5-16(13-18)30-31-17-9-10-19-20(14-17)21(49(39,40)41)15-22(50(42,43)44)25(19)32(46)26-28-23(7-3-11-47(33,34)35)27-24(29-26)8-4-12-48(36,37)38/h2,5-6,9-10,13-15,46H,3-4,7-8,11-12H2,1H3,(H,33,34,35)(H,36,37,38)(H,39,40,41)(H,42,43,44). The molecule has 0 aliphatic heterocycles. The van der Waals surface area contributed by atoms with Gasteiger partial charge in [0.1, 0.15) is 27.2 Å². The molecule has 0 amide bonds. The van der Waals surface area contributed by atoms with Crippen molar-refractivity contribution < 1.29 is 56.6 Å². The molecule has 19 nitrogen and oxygen atoms in total. The maximum Gasteiger partial charge on any atom is 0.296 e. The van der Waals surface area contributed by atoms with Gasteiger partial charge < -0.3 is 4.74 Å². The second-order valence-electron chi connectivity index (χ2n) is 10.4. The van der Waals surface area contributed by atoms with Crippen molar-refractivity contribution in [3.8, 4) is 5.75 Å². The minimum atomic E-state index is -5.29. The van der Waals surface area contributed by atoms with Crippen LogP contribution in [0.5, 0.6) is 5.75 Å². The molecule has 0 fully saturated rings. The Morgan fingerprint density at radius 2 is 1.24 bits per heavy atom. The van der Waals surface area contributed by atoms with Crippen molar-refractivity contribution in [1.29, 1.82) is 0 Å². The third kappa shape index (κ3) is 10.6. The van der Waals surface area contributed by atoms with E-state index in [1.54, 1.807) is 24.3 Å². The van der Waals surface area contributed by atoms with E-state index in [9.17, 15) is 42.8 Å². The van der Waals surface area contributed by atoms with Crippen LogP contribution < -0.4 is 9.04 Å². The number of hydrogen-bond donors (Lipinski definition) is 5. The number of thiol groups is 1. The van der Waals surface area contributed by atoms with E-state index < -0.39 is 73.4 Å². The zero-order valence-electron chi connectivity index (χ0n) is 25.6. The number of ether oxygens (including phenoxy) is 1. The average molecular weight is 793 g/mol. The molecule has 50 heavy (non-hydrogen) atoms. The summed E-state index contributed by atoms with van der Waals surface area (Å²) in [6.45, 7) is 0. The van der Waals surface area contributed by atoms with Crippen LogP contribution >= 0.6 is 12.8 Å². The molecule has 0 spiro atoms. The summed E-state index contributed by atoms with van der Waals surface area (Å²) in [6.07, 6.45) is -0.738. The minimum Gasteiger partial charge on any atom is -0.497 e. The van der Waals surface area contributed by atoms with Crippen LogP contribution in [0.1, 0.15) is 24.5 Å².